The number of carbonyl (C=O) groups is 1. The first-order valence-electron chi connectivity index (χ1n) is 7.03. The van der Waals surface area contributed by atoms with Crippen molar-refractivity contribution in [1.82, 2.24) is 14.7 Å². The van der Waals surface area contributed by atoms with Crippen LogP contribution < -0.4 is 5.73 Å². The van der Waals surface area contributed by atoms with Crippen LogP contribution in [0.5, 0.6) is 0 Å². The fourth-order valence-electron chi connectivity index (χ4n) is 2.39. The van der Waals surface area contributed by atoms with Gasteiger partial charge in [-0.1, -0.05) is 0 Å². The molecule has 1 aliphatic rings. The minimum absolute atomic E-state index is 0.225. The van der Waals surface area contributed by atoms with Gasteiger partial charge >= 0.3 is 6.09 Å². The van der Waals surface area contributed by atoms with E-state index in [-0.39, 0.29) is 6.09 Å². The number of likely N-dealkylation sites (tertiary alicyclic amines) is 1. The summed E-state index contributed by atoms with van der Waals surface area (Å²) in [5.41, 5.74) is 6.39. The molecular formula is C14H24N4O2. The van der Waals surface area contributed by atoms with Crippen LogP contribution in [-0.2, 0) is 11.8 Å². The third kappa shape index (κ3) is 3.43. The van der Waals surface area contributed by atoms with Crippen molar-refractivity contribution in [3.8, 4) is 0 Å². The molecule has 0 atom stereocenters. The summed E-state index contributed by atoms with van der Waals surface area (Å²) in [6.45, 7) is 7.06. The smallest absolute Gasteiger partial charge is 0.410 e. The highest BCUT2D eigenvalue weighted by molar-refractivity contribution is 5.68. The molecule has 0 aromatic carbocycles. The third-order valence-electron chi connectivity index (χ3n) is 3.50. The molecule has 1 saturated heterocycles. The van der Waals surface area contributed by atoms with Gasteiger partial charge in [0.15, 0.2) is 0 Å². The second-order valence-electron chi connectivity index (χ2n) is 6.36. The second kappa shape index (κ2) is 5.34. The number of hydrogen-bond donors (Lipinski definition) is 1. The molecule has 0 saturated carbocycles. The zero-order chi connectivity index (χ0) is 14.9. The fraction of sp³-hybridized carbons (Fsp3) is 0.714. The molecule has 20 heavy (non-hydrogen) atoms. The Hall–Kier alpha value is -1.72. The van der Waals surface area contributed by atoms with Crippen LogP contribution in [0.1, 0.15) is 45.2 Å². The van der Waals surface area contributed by atoms with Crippen molar-refractivity contribution in [2.24, 2.45) is 7.05 Å². The average Bonchev–Trinajstić information content (AvgIpc) is 2.68. The maximum Gasteiger partial charge on any atom is 0.410 e. The molecule has 2 N–H and O–H groups in total. The minimum Gasteiger partial charge on any atom is -0.444 e. The van der Waals surface area contributed by atoms with Crippen LogP contribution in [0.2, 0.25) is 0 Å². The summed E-state index contributed by atoms with van der Waals surface area (Å²) in [5.74, 6) is 1.05. The van der Waals surface area contributed by atoms with Crippen LogP contribution in [-0.4, -0.2) is 39.5 Å². The maximum absolute atomic E-state index is 12.0. The lowest BCUT2D eigenvalue weighted by Crippen LogP contribution is -2.41. The summed E-state index contributed by atoms with van der Waals surface area (Å²) < 4.78 is 7.08. The van der Waals surface area contributed by atoms with Crippen molar-refractivity contribution >= 4 is 11.9 Å². The van der Waals surface area contributed by atoms with E-state index in [1.807, 2.05) is 33.9 Å². The number of aromatic nitrogens is 2. The second-order valence-corrected chi connectivity index (χ2v) is 6.36. The monoisotopic (exact) mass is 280 g/mol. The van der Waals surface area contributed by atoms with Crippen LogP contribution in [0.3, 0.4) is 0 Å². The Morgan fingerprint density at radius 2 is 2.00 bits per heavy atom. The first-order valence-corrected chi connectivity index (χ1v) is 7.03. The Labute approximate surface area is 119 Å². The van der Waals surface area contributed by atoms with Gasteiger partial charge in [0.25, 0.3) is 0 Å². The van der Waals surface area contributed by atoms with Crippen molar-refractivity contribution in [3.63, 3.8) is 0 Å². The van der Waals surface area contributed by atoms with E-state index in [1.54, 1.807) is 9.58 Å². The van der Waals surface area contributed by atoms with E-state index in [9.17, 15) is 4.79 Å². The number of carbonyl (C=O) groups excluding carboxylic acids is 1. The van der Waals surface area contributed by atoms with E-state index in [4.69, 9.17) is 10.5 Å². The average molecular weight is 280 g/mol. The van der Waals surface area contributed by atoms with Gasteiger partial charge in [-0.2, -0.15) is 5.10 Å². The van der Waals surface area contributed by atoms with Crippen LogP contribution in [0, 0.1) is 0 Å². The van der Waals surface area contributed by atoms with Crippen LogP contribution in [0.15, 0.2) is 6.07 Å². The lowest BCUT2D eigenvalue weighted by atomic mass is 9.94. The van der Waals surface area contributed by atoms with Crippen molar-refractivity contribution in [1.29, 1.82) is 0 Å². The van der Waals surface area contributed by atoms with E-state index in [2.05, 4.69) is 5.10 Å². The normalized spacial score (nSPS) is 17.3. The molecule has 1 fully saturated rings. The van der Waals surface area contributed by atoms with Crippen LogP contribution in [0.4, 0.5) is 10.6 Å². The molecule has 2 rings (SSSR count). The molecule has 0 spiro atoms. The summed E-state index contributed by atoms with van der Waals surface area (Å²) in [6.07, 6.45) is 1.57. The highest BCUT2D eigenvalue weighted by Crippen LogP contribution is 2.28. The molecular weight excluding hydrogens is 256 g/mol. The zero-order valence-corrected chi connectivity index (χ0v) is 12.7. The summed E-state index contributed by atoms with van der Waals surface area (Å²) in [7, 11) is 1.84. The standard InChI is InChI=1S/C14H24N4O2/c1-14(2,3)20-13(19)18-7-5-10(6-8-18)11-9-12(15)17(4)16-11/h9-10H,5-8,15H2,1-4H3. The Morgan fingerprint density at radius 1 is 1.40 bits per heavy atom. The van der Waals surface area contributed by atoms with Crippen LogP contribution in [0.25, 0.3) is 0 Å². The Bertz CT molecular complexity index is 462. The number of hydrogen-bond acceptors (Lipinski definition) is 4. The van der Waals surface area contributed by atoms with Crippen molar-refractivity contribution in [2.45, 2.75) is 45.1 Å². The van der Waals surface area contributed by atoms with Gasteiger partial charge in [-0.3, -0.25) is 4.68 Å². The summed E-state index contributed by atoms with van der Waals surface area (Å²) in [6, 6.07) is 1.92. The van der Waals surface area contributed by atoms with Gasteiger partial charge in [0.1, 0.15) is 11.4 Å². The summed E-state index contributed by atoms with van der Waals surface area (Å²) in [5, 5.41) is 4.42. The van der Waals surface area contributed by atoms with E-state index in [1.165, 1.54) is 0 Å². The highest BCUT2D eigenvalue weighted by atomic mass is 16.6. The number of nitrogen functional groups attached to an aromatic ring is 1. The van der Waals surface area contributed by atoms with Gasteiger partial charge in [0.05, 0.1) is 5.69 Å². The van der Waals surface area contributed by atoms with Gasteiger partial charge in [0.2, 0.25) is 0 Å². The maximum atomic E-state index is 12.0. The number of nitrogens with zero attached hydrogens (tertiary/aromatic N) is 3. The van der Waals surface area contributed by atoms with E-state index in [0.717, 1.165) is 18.5 Å². The number of piperidine rings is 1. The molecule has 0 bridgehead atoms. The topological polar surface area (TPSA) is 73.4 Å². The number of rotatable bonds is 1. The van der Waals surface area contributed by atoms with Gasteiger partial charge in [-0.15, -0.1) is 0 Å². The molecule has 6 heteroatoms. The predicted molar refractivity (Wildman–Crippen MR) is 77.4 cm³/mol. The molecule has 0 unspecified atom stereocenters. The number of anilines is 1. The van der Waals surface area contributed by atoms with Crippen molar-refractivity contribution < 1.29 is 9.53 Å². The Balaban J connectivity index is 1.91. The number of nitrogens with two attached hydrogens (primary N) is 1. The third-order valence-corrected chi connectivity index (χ3v) is 3.50. The van der Waals surface area contributed by atoms with Crippen molar-refractivity contribution in [2.75, 3.05) is 18.8 Å². The number of aryl methyl sites for hydroxylation is 1. The molecule has 0 radical (unpaired) electrons. The largest absolute Gasteiger partial charge is 0.444 e. The number of ether oxygens (including phenoxy) is 1. The summed E-state index contributed by atoms with van der Waals surface area (Å²) in [4.78, 5) is 13.8. The molecule has 1 aromatic heterocycles. The van der Waals surface area contributed by atoms with Gasteiger partial charge in [0, 0.05) is 32.1 Å². The van der Waals surface area contributed by atoms with Crippen molar-refractivity contribution in [3.05, 3.63) is 11.8 Å². The Kier molecular flexibility index (Phi) is 3.92. The zero-order valence-electron chi connectivity index (χ0n) is 12.7. The van der Waals surface area contributed by atoms with Gasteiger partial charge < -0.3 is 15.4 Å². The molecule has 6 nitrogen and oxygen atoms in total. The van der Waals surface area contributed by atoms with E-state index >= 15 is 0 Å². The summed E-state index contributed by atoms with van der Waals surface area (Å²) >= 11 is 0. The fourth-order valence-corrected chi connectivity index (χ4v) is 2.39. The first-order chi connectivity index (χ1) is 9.26. The minimum atomic E-state index is -0.441. The number of amides is 1. The quantitative estimate of drug-likeness (QED) is 0.855. The van der Waals surface area contributed by atoms with E-state index in [0.29, 0.717) is 24.8 Å². The molecule has 1 amide bonds. The molecule has 2 heterocycles. The first kappa shape index (κ1) is 14.7. The SMILES string of the molecule is Cn1nc(C2CCN(C(=O)OC(C)(C)C)CC2)cc1N. The lowest BCUT2D eigenvalue weighted by Gasteiger charge is -2.32. The highest BCUT2D eigenvalue weighted by Gasteiger charge is 2.28. The predicted octanol–water partition coefficient (Wildman–Crippen LogP) is 2.12. The molecule has 1 aromatic rings. The van der Waals surface area contributed by atoms with E-state index < -0.39 is 5.60 Å². The molecule has 0 aliphatic carbocycles. The van der Waals surface area contributed by atoms with Gasteiger partial charge in [-0.25, -0.2) is 4.79 Å². The molecule has 1 aliphatic heterocycles. The lowest BCUT2D eigenvalue weighted by molar-refractivity contribution is 0.0204. The Morgan fingerprint density at radius 3 is 2.45 bits per heavy atom. The van der Waals surface area contributed by atoms with Crippen LogP contribution >= 0.6 is 0 Å². The van der Waals surface area contributed by atoms with Gasteiger partial charge in [-0.05, 0) is 33.6 Å². The molecule has 112 valence electrons.